The molecular formula is C13H16BrNO2. The number of hydrogen-bond acceptors (Lipinski definition) is 2. The predicted molar refractivity (Wildman–Crippen MR) is 69.8 cm³/mol. The molecule has 17 heavy (non-hydrogen) atoms. The third-order valence-corrected chi connectivity index (χ3v) is 3.54. The first-order chi connectivity index (χ1) is 8.20. The summed E-state index contributed by atoms with van der Waals surface area (Å²) in [5.74, 6) is 0.0626. The molecule has 0 saturated heterocycles. The Morgan fingerprint density at radius 1 is 1.59 bits per heavy atom. The van der Waals surface area contributed by atoms with Crippen molar-refractivity contribution in [2.75, 3.05) is 13.7 Å². The molecule has 1 aliphatic carbocycles. The lowest BCUT2D eigenvalue weighted by Crippen LogP contribution is -2.27. The molecule has 1 atom stereocenters. The lowest BCUT2D eigenvalue weighted by Gasteiger charge is -2.14. The van der Waals surface area contributed by atoms with Crippen LogP contribution in [0.15, 0.2) is 22.7 Å². The molecule has 1 aliphatic rings. The van der Waals surface area contributed by atoms with Gasteiger partial charge in [0.2, 0.25) is 5.91 Å². The number of halogens is 1. The highest BCUT2D eigenvalue weighted by Crippen LogP contribution is 2.32. The van der Waals surface area contributed by atoms with E-state index in [0.717, 1.165) is 17.3 Å². The van der Waals surface area contributed by atoms with Crippen LogP contribution in [0, 0.1) is 0 Å². The Morgan fingerprint density at radius 3 is 3.18 bits per heavy atom. The molecule has 1 N–H and O–H groups in total. The van der Waals surface area contributed by atoms with E-state index in [-0.39, 0.29) is 11.9 Å². The zero-order valence-corrected chi connectivity index (χ0v) is 11.4. The van der Waals surface area contributed by atoms with E-state index < -0.39 is 0 Å². The first-order valence-electron chi connectivity index (χ1n) is 5.77. The van der Waals surface area contributed by atoms with Gasteiger partial charge in [-0.1, -0.05) is 22.0 Å². The van der Waals surface area contributed by atoms with Crippen molar-refractivity contribution in [2.24, 2.45) is 0 Å². The van der Waals surface area contributed by atoms with Crippen LogP contribution in [-0.4, -0.2) is 19.6 Å². The van der Waals surface area contributed by atoms with Crippen LogP contribution in [0.1, 0.15) is 30.0 Å². The third kappa shape index (κ3) is 3.07. The second kappa shape index (κ2) is 5.65. The third-order valence-electron chi connectivity index (χ3n) is 3.05. The molecule has 4 heteroatoms. The quantitative estimate of drug-likeness (QED) is 0.928. The number of rotatable bonds is 4. The molecule has 0 unspecified atom stereocenters. The Labute approximate surface area is 110 Å². The molecular weight excluding hydrogens is 282 g/mol. The Kier molecular flexibility index (Phi) is 4.18. The Hall–Kier alpha value is -0.870. The lowest BCUT2D eigenvalue weighted by molar-refractivity contribution is -0.122. The summed E-state index contributed by atoms with van der Waals surface area (Å²) in [4.78, 5) is 11.6. The van der Waals surface area contributed by atoms with Gasteiger partial charge < -0.3 is 10.1 Å². The molecule has 0 aromatic heterocycles. The Morgan fingerprint density at radius 2 is 2.41 bits per heavy atom. The van der Waals surface area contributed by atoms with E-state index in [1.807, 2.05) is 6.07 Å². The molecule has 0 spiro atoms. The number of hydrogen-bond donors (Lipinski definition) is 1. The highest BCUT2D eigenvalue weighted by molar-refractivity contribution is 9.10. The topological polar surface area (TPSA) is 38.3 Å². The van der Waals surface area contributed by atoms with Gasteiger partial charge in [-0.15, -0.1) is 0 Å². The summed E-state index contributed by atoms with van der Waals surface area (Å²) in [5, 5.41) is 3.06. The summed E-state index contributed by atoms with van der Waals surface area (Å²) in [7, 11) is 1.61. The molecule has 1 aromatic carbocycles. The van der Waals surface area contributed by atoms with Gasteiger partial charge in [0.25, 0.3) is 0 Å². The number of amides is 1. The minimum Gasteiger partial charge on any atom is -0.384 e. The summed E-state index contributed by atoms with van der Waals surface area (Å²) < 4.78 is 5.99. The van der Waals surface area contributed by atoms with Gasteiger partial charge in [0.05, 0.1) is 12.6 Å². The smallest absolute Gasteiger partial charge is 0.222 e. The number of methoxy groups -OCH3 is 1. The van der Waals surface area contributed by atoms with Crippen LogP contribution in [-0.2, 0) is 16.0 Å². The van der Waals surface area contributed by atoms with E-state index in [4.69, 9.17) is 4.74 Å². The fourth-order valence-corrected chi connectivity index (χ4v) is 2.61. The molecule has 0 aliphatic heterocycles. The van der Waals surface area contributed by atoms with Crippen molar-refractivity contribution in [2.45, 2.75) is 25.3 Å². The average molecular weight is 298 g/mol. The van der Waals surface area contributed by atoms with Crippen LogP contribution in [0.3, 0.4) is 0 Å². The van der Waals surface area contributed by atoms with Crippen molar-refractivity contribution in [1.82, 2.24) is 5.32 Å². The molecule has 92 valence electrons. The summed E-state index contributed by atoms with van der Waals surface area (Å²) >= 11 is 3.47. The van der Waals surface area contributed by atoms with Crippen molar-refractivity contribution >= 4 is 21.8 Å². The molecule has 3 nitrogen and oxygen atoms in total. The van der Waals surface area contributed by atoms with Crippen LogP contribution < -0.4 is 5.32 Å². The number of fused-ring (bicyclic) bond motifs is 1. The van der Waals surface area contributed by atoms with E-state index in [1.165, 1.54) is 11.1 Å². The van der Waals surface area contributed by atoms with Crippen LogP contribution in [0.25, 0.3) is 0 Å². The van der Waals surface area contributed by atoms with Gasteiger partial charge in [-0.25, -0.2) is 0 Å². The van der Waals surface area contributed by atoms with Crippen molar-refractivity contribution in [1.29, 1.82) is 0 Å². The van der Waals surface area contributed by atoms with Gasteiger partial charge in [-0.2, -0.15) is 0 Å². The number of carbonyl (C=O) groups excluding carboxylic acids is 1. The summed E-state index contributed by atoms with van der Waals surface area (Å²) in [6, 6.07) is 6.42. The zero-order chi connectivity index (χ0) is 12.3. The minimum absolute atomic E-state index is 0.0626. The number of ether oxygens (including phenoxy) is 1. The highest BCUT2D eigenvalue weighted by atomic mass is 79.9. The van der Waals surface area contributed by atoms with Crippen LogP contribution in [0.5, 0.6) is 0 Å². The maximum atomic E-state index is 11.6. The van der Waals surface area contributed by atoms with Crippen molar-refractivity contribution < 1.29 is 9.53 Å². The second-order valence-corrected chi connectivity index (χ2v) is 5.16. The standard InChI is InChI=1S/C13H16BrNO2/c1-17-7-6-13(16)15-12-5-2-9-8-10(14)3-4-11(9)12/h3-4,8,12H,2,5-7H2,1H3,(H,15,16)/t12-/m0/s1. The average Bonchev–Trinajstić information content (AvgIpc) is 2.69. The predicted octanol–water partition coefficient (Wildman–Crippen LogP) is 2.59. The van der Waals surface area contributed by atoms with Gasteiger partial charge in [0.1, 0.15) is 0 Å². The maximum Gasteiger partial charge on any atom is 0.222 e. The van der Waals surface area contributed by atoms with Gasteiger partial charge in [0, 0.05) is 18.0 Å². The zero-order valence-electron chi connectivity index (χ0n) is 9.83. The number of nitrogens with one attached hydrogen (secondary N) is 1. The van der Waals surface area contributed by atoms with Crippen LogP contribution in [0.2, 0.25) is 0 Å². The van der Waals surface area contributed by atoms with Crippen molar-refractivity contribution in [3.05, 3.63) is 33.8 Å². The minimum atomic E-state index is 0.0626. The fourth-order valence-electron chi connectivity index (χ4n) is 2.20. The summed E-state index contributed by atoms with van der Waals surface area (Å²) in [6.07, 6.45) is 2.45. The van der Waals surface area contributed by atoms with E-state index in [9.17, 15) is 4.79 Å². The first kappa shape index (κ1) is 12.6. The largest absolute Gasteiger partial charge is 0.384 e. The lowest BCUT2D eigenvalue weighted by atomic mass is 10.1. The highest BCUT2D eigenvalue weighted by Gasteiger charge is 2.23. The second-order valence-electron chi connectivity index (χ2n) is 4.24. The Balaban J connectivity index is 2.00. The van der Waals surface area contributed by atoms with E-state index in [2.05, 4.69) is 33.4 Å². The Bertz CT molecular complexity index is 420. The van der Waals surface area contributed by atoms with Gasteiger partial charge in [0.15, 0.2) is 0 Å². The maximum absolute atomic E-state index is 11.6. The van der Waals surface area contributed by atoms with E-state index >= 15 is 0 Å². The molecule has 2 rings (SSSR count). The molecule has 1 aromatic rings. The van der Waals surface area contributed by atoms with E-state index in [1.54, 1.807) is 7.11 Å². The van der Waals surface area contributed by atoms with Crippen LogP contribution in [0.4, 0.5) is 0 Å². The molecule has 0 radical (unpaired) electrons. The molecule has 1 amide bonds. The number of carbonyl (C=O) groups is 1. The number of benzene rings is 1. The molecule has 0 fully saturated rings. The van der Waals surface area contributed by atoms with Crippen LogP contribution >= 0.6 is 15.9 Å². The fraction of sp³-hybridized carbons (Fsp3) is 0.462. The number of aryl methyl sites for hydroxylation is 1. The van der Waals surface area contributed by atoms with Gasteiger partial charge in [-0.05, 0) is 36.1 Å². The van der Waals surface area contributed by atoms with Gasteiger partial charge >= 0.3 is 0 Å². The summed E-state index contributed by atoms with van der Waals surface area (Å²) in [6.45, 7) is 0.478. The molecule has 0 heterocycles. The van der Waals surface area contributed by atoms with Gasteiger partial charge in [-0.3, -0.25) is 4.79 Å². The van der Waals surface area contributed by atoms with Crippen molar-refractivity contribution in [3.63, 3.8) is 0 Å². The van der Waals surface area contributed by atoms with Crippen molar-refractivity contribution in [3.8, 4) is 0 Å². The molecule has 0 bridgehead atoms. The molecule has 0 saturated carbocycles. The monoisotopic (exact) mass is 297 g/mol. The SMILES string of the molecule is COCCC(=O)N[C@H]1CCc2cc(Br)ccc21. The normalized spacial score (nSPS) is 17.9. The van der Waals surface area contributed by atoms with E-state index in [0.29, 0.717) is 13.0 Å². The first-order valence-corrected chi connectivity index (χ1v) is 6.56. The summed E-state index contributed by atoms with van der Waals surface area (Å²) in [5.41, 5.74) is 2.58.